The Balaban J connectivity index is 3.19. The second-order valence-corrected chi connectivity index (χ2v) is 5.91. The molecule has 0 saturated heterocycles. The number of hydrogen-bond donors (Lipinski definition) is 0. The first kappa shape index (κ1) is 20.9. The molecule has 0 aliphatic heterocycles. The number of ether oxygens (including phenoxy) is 1. The lowest BCUT2D eigenvalue weighted by molar-refractivity contribution is -0.140. The van der Waals surface area contributed by atoms with Crippen molar-refractivity contribution in [1.82, 2.24) is 0 Å². The highest BCUT2D eigenvalue weighted by Gasteiger charge is 1.98. The van der Waals surface area contributed by atoms with Gasteiger partial charge >= 0.3 is 5.97 Å². The normalized spacial score (nSPS) is 11.5. The van der Waals surface area contributed by atoms with Gasteiger partial charge in [0.1, 0.15) is 0 Å². The highest BCUT2D eigenvalue weighted by atomic mass is 16.5. The van der Waals surface area contributed by atoms with Crippen LogP contribution in [-0.2, 0) is 9.53 Å². The van der Waals surface area contributed by atoms with E-state index in [1.807, 2.05) is 0 Å². The Kier molecular flexibility index (Phi) is 17.1. The van der Waals surface area contributed by atoms with Crippen molar-refractivity contribution >= 4 is 5.97 Å². The molecule has 0 aromatic carbocycles. The third-order valence-electron chi connectivity index (χ3n) is 3.81. The fourth-order valence-corrected chi connectivity index (χ4v) is 2.36. The van der Waals surface area contributed by atoms with Gasteiger partial charge in [-0.1, -0.05) is 69.8 Å². The maximum atomic E-state index is 10.9. The van der Waals surface area contributed by atoms with Gasteiger partial charge < -0.3 is 4.74 Å². The van der Waals surface area contributed by atoms with Crippen LogP contribution >= 0.6 is 0 Å². The molecule has 0 rings (SSSR count). The van der Waals surface area contributed by atoms with Crippen molar-refractivity contribution in [3.63, 3.8) is 0 Å². The Morgan fingerprint density at radius 1 is 0.773 bits per heavy atom. The predicted octanol–water partition coefficient (Wildman–Crippen LogP) is 6.36. The Labute approximate surface area is 138 Å². The molecule has 0 atom stereocenters. The third-order valence-corrected chi connectivity index (χ3v) is 3.81. The van der Waals surface area contributed by atoms with Crippen LogP contribution in [0.1, 0.15) is 90.4 Å². The molecule has 0 aliphatic rings. The maximum Gasteiger partial charge on any atom is 0.305 e. The van der Waals surface area contributed by atoms with Gasteiger partial charge in [0, 0.05) is 6.42 Å². The van der Waals surface area contributed by atoms with E-state index in [2.05, 4.69) is 36.0 Å². The van der Waals surface area contributed by atoms with E-state index in [-0.39, 0.29) is 5.97 Å². The van der Waals surface area contributed by atoms with Gasteiger partial charge in [-0.15, -0.1) is 0 Å². The van der Waals surface area contributed by atoms with Gasteiger partial charge in [0.15, 0.2) is 0 Å². The molecule has 0 amide bonds. The van der Waals surface area contributed by atoms with Crippen LogP contribution in [0.4, 0.5) is 0 Å². The van der Waals surface area contributed by atoms with Gasteiger partial charge in [-0.2, -0.15) is 0 Å². The molecule has 22 heavy (non-hydrogen) atoms. The van der Waals surface area contributed by atoms with Crippen molar-refractivity contribution in [1.29, 1.82) is 0 Å². The lowest BCUT2D eigenvalue weighted by Crippen LogP contribution is -1.99. The van der Waals surface area contributed by atoms with Crippen LogP contribution in [0.2, 0.25) is 0 Å². The van der Waals surface area contributed by atoms with E-state index < -0.39 is 0 Å². The molecule has 0 unspecified atom stereocenters. The molecule has 0 aromatic heterocycles. The highest BCUT2D eigenvalue weighted by Crippen LogP contribution is 2.09. The van der Waals surface area contributed by atoms with E-state index in [9.17, 15) is 4.79 Å². The van der Waals surface area contributed by atoms with Crippen molar-refractivity contribution in [2.75, 3.05) is 7.11 Å². The topological polar surface area (TPSA) is 26.3 Å². The van der Waals surface area contributed by atoms with Crippen molar-refractivity contribution in [2.24, 2.45) is 0 Å². The molecule has 2 nitrogen and oxygen atoms in total. The monoisotopic (exact) mass is 308 g/mol. The summed E-state index contributed by atoms with van der Waals surface area (Å²) < 4.78 is 4.62. The number of esters is 1. The van der Waals surface area contributed by atoms with E-state index in [0.29, 0.717) is 6.42 Å². The van der Waals surface area contributed by atoms with Crippen LogP contribution in [0.15, 0.2) is 24.3 Å². The summed E-state index contributed by atoms with van der Waals surface area (Å²) in [6.07, 6.45) is 24.5. The van der Waals surface area contributed by atoms with Gasteiger partial charge in [0.2, 0.25) is 0 Å². The molecule has 0 aliphatic carbocycles. The molecule has 0 fully saturated rings. The quantitative estimate of drug-likeness (QED) is 0.200. The molecule has 0 aromatic rings. The average molecular weight is 309 g/mol. The zero-order chi connectivity index (χ0) is 16.3. The molecular formula is C20H36O2. The van der Waals surface area contributed by atoms with Gasteiger partial charge in [-0.3, -0.25) is 4.79 Å². The molecule has 0 saturated carbocycles. The van der Waals surface area contributed by atoms with E-state index in [1.165, 1.54) is 64.9 Å². The van der Waals surface area contributed by atoms with Crippen LogP contribution < -0.4 is 0 Å². The largest absolute Gasteiger partial charge is 0.469 e. The molecule has 0 heterocycles. The SMILES string of the molecule is CCCCC/C=C\C/C=C\CCCCCCCCC(=O)OC. The Morgan fingerprint density at radius 3 is 1.91 bits per heavy atom. The number of methoxy groups -OCH3 is 1. The number of carbonyl (C=O) groups excluding carboxylic acids is 1. The second kappa shape index (κ2) is 18.0. The molecule has 0 bridgehead atoms. The smallest absolute Gasteiger partial charge is 0.305 e. The molecule has 0 spiro atoms. The summed E-state index contributed by atoms with van der Waals surface area (Å²) >= 11 is 0. The Hall–Kier alpha value is -1.05. The predicted molar refractivity (Wildman–Crippen MR) is 96.0 cm³/mol. The third kappa shape index (κ3) is 17.0. The van der Waals surface area contributed by atoms with Crippen molar-refractivity contribution in [3.05, 3.63) is 24.3 Å². The maximum absolute atomic E-state index is 10.9. The Bertz CT molecular complexity index is 292. The first-order valence-corrected chi connectivity index (χ1v) is 9.18. The van der Waals surface area contributed by atoms with Gasteiger partial charge in [-0.05, 0) is 38.5 Å². The van der Waals surface area contributed by atoms with Crippen LogP contribution in [-0.4, -0.2) is 13.1 Å². The summed E-state index contributed by atoms with van der Waals surface area (Å²) in [6, 6.07) is 0. The fraction of sp³-hybridized carbons (Fsp3) is 0.750. The first-order valence-electron chi connectivity index (χ1n) is 9.18. The van der Waals surface area contributed by atoms with E-state index in [4.69, 9.17) is 0 Å². The summed E-state index contributed by atoms with van der Waals surface area (Å²) in [4.78, 5) is 10.9. The zero-order valence-electron chi connectivity index (χ0n) is 14.8. The molecule has 0 radical (unpaired) electrons. The molecular weight excluding hydrogens is 272 g/mol. The fourth-order valence-electron chi connectivity index (χ4n) is 2.36. The van der Waals surface area contributed by atoms with Crippen molar-refractivity contribution < 1.29 is 9.53 Å². The van der Waals surface area contributed by atoms with Gasteiger partial charge in [-0.25, -0.2) is 0 Å². The molecule has 0 N–H and O–H groups in total. The lowest BCUT2D eigenvalue weighted by Gasteiger charge is -2.00. The second-order valence-electron chi connectivity index (χ2n) is 5.91. The number of rotatable bonds is 15. The van der Waals surface area contributed by atoms with Crippen molar-refractivity contribution in [2.45, 2.75) is 90.4 Å². The lowest BCUT2D eigenvalue weighted by atomic mass is 10.1. The average Bonchev–Trinajstić information content (AvgIpc) is 2.54. The minimum absolute atomic E-state index is 0.0791. The van der Waals surface area contributed by atoms with Gasteiger partial charge in [0.25, 0.3) is 0 Å². The van der Waals surface area contributed by atoms with Crippen molar-refractivity contribution in [3.8, 4) is 0 Å². The standard InChI is InChI=1S/C20H36O2/c1-3-4-5-6-7-8-9-10-11-12-13-14-15-16-17-18-19-20(21)22-2/h7-8,10-11H,3-6,9,12-19H2,1-2H3/b8-7-,11-10-. The van der Waals surface area contributed by atoms with E-state index in [1.54, 1.807) is 0 Å². The number of unbranched alkanes of at least 4 members (excludes halogenated alkanes) is 9. The van der Waals surface area contributed by atoms with E-state index in [0.717, 1.165) is 19.3 Å². The van der Waals surface area contributed by atoms with Crippen LogP contribution in [0.3, 0.4) is 0 Å². The minimum atomic E-state index is -0.0791. The minimum Gasteiger partial charge on any atom is -0.469 e. The zero-order valence-corrected chi connectivity index (χ0v) is 14.8. The summed E-state index contributed by atoms with van der Waals surface area (Å²) in [5, 5.41) is 0. The molecule has 2 heteroatoms. The summed E-state index contributed by atoms with van der Waals surface area (Å²) in [7, 11) is 1.46. The molecule has 128 valence electrons. The number of allylic oxidation sites excluding steroid dienone is 4. The summed E-state index contributed by atoms with van der Waals surface area (Å²) in [5.41, 5.74) is 0. The number of hydrogen-bond acceptors (Lipinski definition) is 2. The van der Waals surface area contributed by atoms with Gasteiger partial charge in [0.05, 0.1) is 7.11 Å². The van der Waals surface area contributed by atoms with Crippen LogP contribution in [0, 0.1) is 0 Å². The van der Waals surface area contributed by atoms with Crippen LogP contribution in [0.25, 0.3) is 0 Å². The first-order chi connectivity index (χ1) is 10.8. The number of carbonyl (C=O) groups is 1. The summed E-state index contributed by atoms with van der Waals surface area (Å²) in [5.74, 6) is -0.0791. The Morgan fingerprint density at radius 2 is 1.32 bits per heavy atom. The summed E-state index contributed by atoms with van der Waals surface area (Å²) in [6.45, 7) is 2.24. The van der Waals surface area contributed by atoms with E-state index >= 15 is 0 Å². The van der Waals surface area contributed by atoms with Crippen LogP contribution in [0.5, 0.6) is 0 Å². The highest BCUT2D eigenvalue weighted by molar-refractivity contribution is 5.68.